The minimum Gasteiger partial charge on any atom is -0.450 e. The molecule has 25 heavy (non-hydrogen) atoms. The second kappa shape index (κ2) is 6.82. The smallest absolute Gasteiger partial charge is 0.287 e. The Hall–Kier alpha value is -2.44. The lowest BCUT2D eigenvalue weighted by molar-refractivity contribution is 0.0917. The van der Waals surface area contributed by atoms with Crippen LogP contribution in [0.1, 0.15) is 27.2 Å². The topological polar surface area (TPSA) is 55.1 Å². The minimum absolute atomic E-state index is 0.271. The highest BCUT2D eigenvalue weighted by Gasteiger charge is 2.22. The van der Waals surface area contributed by atoms with Crippen LogP contribution < -0.4 is 5.32 Å². The summed E-state index contributed by atoms with van der Waals surface area (Å²) in [4.78, 5) is 17.1. The number of amides is 1. The van der Waals surface area contributed by atoms with Crippen molar-refractivity contribution in [3.05, 3.63) is 87.0 Å². The molecule has 0 aliphatic heterocycles. The molecule has 0 fully saturated rings. The lowest BCUT2D eigenvalue weighted by atomic mass is 10.1. The number of carbonyl (C=O) groups is 1. The van der Waals surface area contributed by atoms with Crippen molar-refractivity contribution in [1.82, 2.24) is 10.3 Å². The van der Waals surface area contributed by atoms with Gasteiger partial charge in [-0.3, -0.25) is 4.79 Å². The third kappa shape index (κ3) is 3.23. The second-order valence-corrected chi connectivity index (χ2v) is 7.24. The van der Waals surface area contributed by atoms with Gasteiger partial charge in [0.15, 0.2) is 5.76 Å². The SMILES string of the molecule is O=C(NC(c1ccccc1)c1nccs1)c1cc2cccc(Br)c2o1. The van der Waals surface area contributed by atoms with Gasteiger partial charge in [-0.1, -0.05) is 42.5 Å². The fourth-order valence-corrected chi connectivity index (χ4v) is 3.83. The Labute approximate surface area is 156 Å². The molecule has 0 bridgehead atoms. The van der Waals surface area contributed by atoms with E-state index in [2.05, 4.69) is 26.2 Å². The zero-order chi connectivity index (χ0) is 17.2. The number of hydrogen-bond acceptors (Lipinski definition) is 4. The van der Waals surface area contributed by atoms with E-state index in [4.69, 9.17) is 4.42 Å². The maximum atomic E-state index is 12.8. The Morgan fingerprint density at radius 1 is 1.16 bits per heavy atom. The number of aromatic nitrogens is 1. The average Bonchev–Trinajstić information content (AvgIpc) is 3.30. The summed E-state index contributed by atoms with van der Waals surface area (Å²) in [5.41, 5.74) is 1.64. The van der Waals surface area contributed by atoms with Gasteiger partial charge in [0.2, 0.25) is 0 Å². The number of rotatable bonds is 4. The largest absolute Gasteiger partial charge is 0.450 e. The van der Waals surface area contributed by atoms with E-state index in [9.17, 15) is 4.79 Å². The maximum absolute atomic E-state index is 12.8. The lowest BCUT2D eigenvalue weighted by Gasteiger charge is -2.16. The number of thiazole rings is 1. The number of carbonyl (C=O) groups excluding carboxylic acids is 1. The van der Waals surface area contributed by atoms with Crippen LogP contribution in [0.25, 0.3) is 11.0 Å². The zero-order valence-electron chi connectivity index (χ0n) is 13.0. The number of fused-ring (bicyclic) bond motifs is 1. The number of hydrogen-bond donors (Lipinski definition) is 1. The van der Waals surface area contributed by atoms with Gasteiger partial charge >= 0.3 is 0 Å². The number of para-hydroxylation sites is 1. The highest BCUT2D eigenvalue weighted by Crippen LogP contribution is 2.28. The van der Waals surface area contributed by atoms with Crippen LogP contribution in [0.2, 0.25) is 0 Å². The first-order valence-corrected chi connectivity index (χ1v) is 9.33. The number of nitrogens with zero attached hydrogens (tertiary/aromatic N) is 1. The Kier molecular flexibility index (Phi) is 4.38. The summed E-state index contributed by atoms with van der Waals surface area (Å²) in [6.45, 7) is 0. The first-order valence-electron chi connectivity index (χ1n) is 7.65. The molecular weight excluding hydrogens is 400 g/mol. The summed E-state index contributed by atoms with van der Waals surface area (Å²) >= 11 is 4.95. The normalized spacial score (nSPS) is 12.2. The van der Waals surface area contributed by atoms with E-state index in [0.717, 1.165) is 20.4 Å². The molecule has 1 atom stereocenters. The summed E-state index contributed by atoms with van der Waals surface area (Å²) in [5, 5.41) is 6.64. The second-order valence-electron chi connectivity index (χ2n) is 5.46. The fourth-order valence-electron chi connectivity index (χ4n) is 2.65. The molecule has 0 radical (unpaired) electrons. The first kappa shape index (κ1) is 16.1. The van der Waals surface area contributed by atoms with Gasteiger partial charge in [0.05, 0.1) is 4.47 Å². The highest BCUT2D eigenvalue weighted by molar-refractivity contribution is 9.10. The number of nitrogens with one attached hydrogen (secondary N) is 1. The van der Waals surface area contributed by atoms with Crippen molar-refractivity contribution in [2.75, 3.05) is 0 Å². The Balaban J connectivity index is 1.67. The summed E-state index contributed by atoms with van der Waals surface area (Å²) in [6, 6.07) is 16.9. The summed E-state index contributed by atoms with van der Waals surface area (Å²) in [6.07, 6.45) is 1.74. The molecule has 0 saturated carbocycles. The van der Waals surface area contributed by atoms with E-state index in [1.54, 1.807) is 12.3 Å². The Bertz CT molecular complexity index is 1010. The standard InChI is InChI=1S/C19H13BrN2O2S/c20-14-8-4-7-13-11-15(24-17(13)14)18(23)22-16(19-21-9-10-25-19)12-5-2-1-3-6-12/h1-11,16H,(H,22,23). The third-order valence-corrected chi connectivity index (χ3v) is 5.29. The molecule has 2 aromatic heterocycles. The van der Waals surface area contributed by atoms with Gasteiger partial charge in [-0.25, -0.2) is 4.98 Å². The van der Waals surface area contributed by atoms with Gasteiger partial charge in [0.25, 0.3) is 5.91 Å². The van der Waals surface area contributed by atoms with Crippen LogP contribution >= 0.6 is 27.3 Å². The molecule has 0 spiro atoms. The molecule has 0 aliphatic rings. The van der Waals surface area contributed by atoms with Crippen LogP contribution in [0.4, 0.5) is 0 Å². The molecule has 2 heterocycles. The quantitative estimate of drug-likeness (QED) is 0.502. The molecule has 4 aromatic rings. The predicted molar refractivity (Wildman–Crippen MR) is 102 cm³/mol. The van der Waals surface area contributed by atoms with Crippen molar-refractivity contribution in [2.45, 2.75) is 6.04 Å². The van der Waals surface area contributed by atoms with Gasteiger partial charge in [0.1, 0.15) is 16.6 Å². The molecular formula is C19H13BrN2O2S. The zero-order valence-corrected chi connectivity index (χ0v) is 15.4. The van der Waals surface area contributed by atoms with Crippen molar-refractivity contribution >= 4 is 44.1 Å². The van der Waals surface area contributed by atoms with E-state index in [1.165, 1.54) is 11.3 Å². The van der Waals surface area contributed by atoms with Crippen molar-refractivity contribution in [2.24, 2.45) is 0 Å². The third-order valence-electron chi connectivity index (χ3n) is 3.83. The monoisotopic (exact) mass is 412 g/mol. The maximum Gasteiger partial charge on any atom is 0.287 e. The first-order chi connectivity index (χ1) is 12.2. The van der Waals surface area contributed by atoms with Crippen molar-refractivity contribution in [1.29, 1.82) is 0 Å². The van der Waals surface area contributed by atoms with E-state index in [0.29, 0.717) is 5.58 Å². The van der Waals surface area contributed by atoms with Crippen molar-refractivity contribution in [3.63, 3.8) is 0 Å². The van der Waals surface area contributed by atoms with E-state index >= 15 is 0 Å². The fraction of sp³-hybridized carbons (Fsp3) is 0.0526. The van der Waals surface area contributed by atoms with Gasteiger partial charge in [-0.2, -0.15) is 0 Å². The Morgan fingerprint density at radius 3 is 2.72 bits per heavy atom. The molecule has 4 nitrogen and oxygen atoms in total. The van der Waals surface area contributed by atoms with Crippen LogP contribution in [0.3, 0.4) is 0 Å². The van der Waals surface area contributed by atoms with Crippen LogP contribution in [-0.4, -0.2) is 10.9 Å². The molecule has 124 valence electrons. The van der Waals surface area contributed by atoms with E-state index in [-0.39, 0.29) is 17.7 Å². The van der Waals surface area contributed by atoms with E-state index < -0.39 is 0 Å². The van der Waals surface area contributed by atoms with Gasteiger partial charge < -0.3 is 9.73 Å². The number of benzene rings is 2. The average molecular weight is 413 g/mol. The van der Waals surface area contributed by atoms with Crippen LogP contribution in [0.5, 0.6) is 0 Å². The van der Waals surface area contributed by atoms with Crippen LogP contribution in [-0.2, 0) is 0 Å². The molecule has 0 aliphatic carbocycles. The van der Waals surface area contributed by atoms with Crippen molar-refractivity contribution in [3.8, 4) is 0 Å². The van der Waals surface area contributed by atoms with E-state index in [1.807, 2.05) is 53.9 Å². The van der Waals surface area contributed by atoms with Crippen LogP contribution in [0, 0.1) is 0 Å². The Morgan fingerprint density at radius 2 is 2.00 bits per heavy atom. The minimum atomic E-state index is -0.314. The molecule has 0 saturated heterocycles. The predicted octanol–water partition coefficient (Wildman–Crippen LogP) is 5.17. The highest BCUT2D eigenvalue weighted by atomic mass is 79.9. The molecule has 1 amide bonds. The lowest BCUT2D eigenvalue weighted by Crippen LogP contribution is -2.28. The summed E-state index contributed by atoms with van der Waals surface area (Å²) in [5.74, 6) is 0.00606. The number of halogens is 1. The molecule has 1 unspecified atom stereocenters. The summed E-state index contributed by atoms with van der Waals surface area (Å²) in [7, 11) is 0. The molecule has 1 N–H and O–H groups in total. The van der Waals surface area contributed by atoms with Crippen LogP contribution in [0.15, 0.2) is 75.1 Å². The van der Waals surface area contributed by atoms with Crippen molar-refractivity contribution < 1.29 is 9.21 Å². The van der Waals surface area contributed by atoms with Gasteiger partial charge in [0, 0.05) is 17.0 Å². The van der Waals surface area contributed by atoms with Gasteiger partial charge in [-0.15, -0.1) is 11.3 Å². The number of furan rings is 1. The molecule has 4 rings (SSSR count). The molecule has 2 aromatic carbocycles. The molecule has 6 heteroatoms. The van der Waals surface area contributed by atoms with Gasteiger partial charge in [-0.05, 0) is 33.6 Å². The summed E-state index contributed by atoms with van der Waals surface area (Å²) < 4.78 is 6.56.